The number of likely N-dealkylation sites (tertiary alicyclic amines) is 1. The monoisotopic (exact) mass is 393 g/mol. The fraction of sp³-hybridized carbons (Fsp3) is 0.350. The van der Waals surface area contributed by atoms with E-state index in [1.807, 2.05) is 18.2 Å². The highest BCUT2D eigenvalue weighted by molar-refractivity contribution is 6.30. The molecule has 0 radical (unpaired) electrons. The van der Waals surface area contributed by atoms with Crippen molar-refractivity contribution < 1.29 is 4.79 Å². The summed E-state index contributed by atoms with van der Waals surface area (Å²) in [4.78, 5) is 14.5. The smallest absolute Gasteiger partial charge is 0.225 e. The van der Waals surface area contributed by atoms with Crippen LogP contribution in [0.4, 0.5) is 5.69 Å². The molecule has 3 rings (SSSR count). The Balaban J connectivity index is 0.00000243. The van der Waals surface area contributed by atoms with Gasteiger partial charge in [-0.1, -0.05) is 41.9 Å². The molecule has 4 nitrogen and oxygen atoms in total. The minimum absolute atomic E-state index is 0. The number of carbonyl (C=O) groups excluding carboxylic acids is 1. The Kier molecular flexibility index (Phi) is 7.91. The van der Waals surface area contributed by atoms with Crippen LogP contribution in [0.3, 0.4) is 0 Å². The number of hydrogen-bond acceptors (Lipinski definition) is 3. The third-order valence-electron chi connectivity index (χ3n) is 4.83. The molecule has 1 fully saturated rings. The van der Waals surface area contributed by atoms with E-state index in [4.69, 9.17) is 17.3 Å². The van der Waals surface area contributed by atoms with Gasteiger partial charge in [-0.2, -0.15) is 0 Å². The third-order valence-corrected chi connectivity index (χ3v) is 5.08. The van der Waals surface area contributed by atoms with E-state index >= 15 is 0 Å². The van der Waals surface area contributed by atoms with E-state index in [0.29, 0.717) is 29.8 Å². The van der Waals surface area contributed by atoms with Crippen LogP contribution in [0.1, 0.15) is 17.9 Å². The molecule has 2 atom stereocenters. The van der Waals surface area contributed by atoms with Gasteiger partial charge < -0.3 is 16.0 Å². The van der Waals surface area contributed by atoms with Gasteiger partial charge in [0.25, 0.3) is 0 Å². The zero-order chi connectivity index (χ0) is 17.6. The second kappa shape index (κ2) is 9.93. The number of nitrogens with two attached hydrogens (primary N) is 1. The molecule has 1 saturated heterocycles. The van der Waals surface area contributed by atoms with Crippen LogP contribution in [-0.2, 0) is 4.79 Å². The summed E-state index contributed by atoms with van der Waals surface area (Å²) in [6, 6.07) is 17.7. The molecule has 2 aromatic carbocycles. The molecule has 0 spiro atoms. The molecule has 1 aliphatic heterocycles. The molecule has 1 heterocycles. The zero-order valence-corrected chi connectivity index (χ0v) is 16.2. The van der Waals surface area contributed by atoms with E-state index in [1.54, 1.807) is 12.1 Å². The number of benzene rings is 2. The van der Waals surface area contributed by atoms with Crippen molar-refractivity contribution in [3.8, 4) is 0 Å². The normalized spacial score (nSPS) is 19.8. The number of hydrogen-bond donors (Lipinski definition) is 2. The van der Waals surface area contributed by atoms with Gasteiger partial charge in [-0.05, 0) is 42.3 Å². The van der Waals surface area contributed by atoms with Crippen molar-refractivity contribution in [2.24, 2.45) is 11.7 Å². The summed E-state index contributed by atoms with van der Waals surface area (Å²) in [6.07, 6.45) is 0.474. The Morgan fingerprint density at radius 2 is 1.81 bits per heavy atom. The summed E-state index contributed by atoms with van der Waals surface area (Å²) >= 11 is 5.86. The second-order valence-electron chi connectivity index (χ2n) is 6.58. The molecule has 6 heteroatoms. The van der Waals surface area contributed by atoms with Gasteiger partial charge in [-0.15, -0.1) is 12.4 Å². The fourth-order valence-electron chi connectivity index (χ4n) is 3.48. The molecule has 0 aromatic heterocycles. The first-order valence-corrected chi connectivity index (χ1v) is 9.06. The van der Waals surface area contributed by atoms with Crippen LogP contribution in [0.15, 0.2) is 54.6 Å². The number of halogens is 2. The number of rotatable bonds is 6. The van der Waals surface area contributed by atoms with Crippen molar-refractivity contribution in [3.05, 3.63) is 65.2 Å². The summed E-state index contributed by atoms with van der Waals surface area (Å²) < 4.78 is 0. The largest absolute Gasteiger partial charge is 0.330 e. The van der Waals surface area contributed by atoms with Crippen molar-refractivity contribution in [3.63, 3.8) is 0 Å². The minimum Gasteiger partial charge on any atom is -0.330 e. The lowest BCUT2D eigenvalue weighted by Crippen LogP contribution is -2.27. The Hall–Kier alpha value is -1.59. The summed E-state index contributed by atoms with van der Waals surface area (Å²) in [5, 5.41) is 3.57. The summed E-state index contributed by atoms with van der Waals surface area (Å²) in [7, 11) is 0. The maximum absolute atomic E-state index is 12.2. The van der Waals surface area contributed by atoms with Crippen LogP contribution in [0, 0.1) is 5.92 Å². The van der Waals surface area contributed by atoms with Gasteiger partial charge in [0.2, 0.25) is 5.91 Å². The van der Waals surface area contributed by atoms with E-state index in [0.717, 1.165) is 25.3 Å². The Morgan fingerprint density at radius 1 is 1.12 bits per heavy atom. The topological polar surface area (TPSA) is 58.4 Å². The van der Waals surface area contributed by atoms with Crippen molar-refractivity contribution in [1.29, 1.82) is 0 Å². The van der Waals surface area contributed by atoms with Gasteiger partial charge in [0.1, 0.15) is 0 Å². The Labute approximate surface area is 166 Å². The van der Waals surface area contributed by atoms with Crippen LogP contribution in [0.2, 0.25) is 5.02 Å². The molecule has 0 saturated carbocycles. The van der Waals surface area contributed by atoms with Crippen LogP contribution < -0.4 is 11.1 Å². The number of nitrogens with one attached hydrogen (secondary N) is 1. The average molecular weight is 394 g/mol. The summed E-state index contributed by atoms with van der Waals surface area (Å²) in [5.41, 5.74) is 8.09. The van der Waals surface area contributed by atoms with Crippen LogP contribution in [0.25, 0.3) is 0 Å². The summed E-state index contributed by atoms with van der Waals surface area (Å²) in [6.45, 7) is 3.33. The number of amides is 1. The molecule has 1 aliphatic rings. The van der Waals surface area contributed by atoms with Crippen molar-refractivity contribution in [1.82, 2.24) is 4.90 Å². The minimum atomic E-state index is 0. The van der Waals surface area contributed by atoms with E-state index in [1.165, 1.54) is 5.56 Å². The molecule has 2 aromatic rings. The molecule has 1 amide bonds. The number of carbonyl (C=O) groups is 1. The van der Waals surface area contributed by atoms with E-state index in [9.17, 15) is 4.79 Å². The van der Waals surface area contributed by atoms with E-state index in [-0.39, 0.29) is 18.3 Å². The predicted octanol–water partition coefficient (Wildman–Crippen LogP) is 3.76. The van der Waals surface area contributed by atoms with Gasteiger partial charge in [0.15, 0.2) is 0 Å². The van der Waals surface area contributed by atoms with Crippen molar-refractivity contribution >= 4 is 35.6 Å². The fourth-order valence-corrected chi connectivity index (χ4v) is 3.60. The van der Waals surface area contributed by atoms with Crippen LogP contribution in [0.5, 0.6) is 0 Å². The average Bonchev–Trinajstić information content (AvgIpc) is 3.06. The first-order valence-electron chi connectivity index (χ1n) is 8.68. The molecule has 0 unspecified atom stereocenters. The van der Waals surface area contributed by atoms with Gasteiger partial charge >= 0.3 is 0 Å². The number of nitrogens with zero attached hydrogens (tertiary/aromatic N) is 1. The predicted molar refractivity (Wildman–Crippen MR) is 110 cm³/mol. The van der Waals surface area contributed by atoms with Gasteiger partial charge in [-0.3, -0.25) is 4.79 Å². The Morgan fingerprint density at radius 3 is 2.46 bits per heavy atom. The molecular weight excluding hydrogens is 369 g/mol. The highest BCUT2D eigenvalue weighted by Gasteiger charge is 2.32. The Bertz CT molecular complexity index is 694. The van der Waals surface area contributed by atoms with Crippen LogP contribution in [-0.4, -0.2) is 37.0 Å². The number of anilines is 1. The maximum atomic E-state index is 12.2. The third kappa shape index (κ3) is 5.45. The van der Waals surface area contributed by atoms with Gasteiger partial charge in [0, 0.05) is 42.7 Å². The highest BCUT2D eigenvalue weighted by atomic mass is 35.5. The lowest BCUT2D eigenvalue weighted by atomic mass is 9.89. The van der Waals surface area contributed by atoms with Gasteiger partial charge in [0.05, 0.1) is 0 Å². The first-order chi connectivity index (χ1) is 12.2. The maximum Gasteiger partial charge on any atom is 0.225 e. The van der Waals surface area contributed by atoms with Crippen molar-refractivity contribution in [2.75, 3.05) is 31.5 Å². The second-order valence-corrected chi connectivity index (χ2v) is 7.01. The molecule has 140 valence electrons. The molecule has 3 N–H and O–H groups in total. The first kappa shape index (κ1) is 20.7. The van der Waals surface area contributed by atoms with E-state index in [2.05, 4.69) is 34.5 Å². The lowest BCUT2D eigenvalue weighted by molar-refractivity contribution is -0.116. The molecule has 26 heavy (non-hydrogen) atoms. The molecular formula is C20H25Cl2N3O. The zero-order valence-electron chi connectivity index (χ0n) is 14.6. The van der Waals surface area contributed by atoms with E-state index < -0.39 is 0 Å². The highest BCUT2D eigenvalue weighted by Crippen LogP contribution is 2.31. The van der Waals surface area contributed by atoms with Gasteiger partial charge in [-0.25, -0.2) is 0 Å². The summed E-state index contributed by atoms with van der Waals surface area (Å²) in [5.74, 6) is 0.919. The molecule has 0 bridgehead atoms. The quantitative estimate of drug-likeness (QED) is 0.784. The lowest BCUT2D eigenvalue weighted by Gasteiger charge is -2.16. The van der Waals surface area contributed by atoms with Crippen LogP contribution >= 0.6 is 24.0 Å². The molecule has 0 aliphatic carbocycles. The van der Waals surface area contributed by atoms with Crippen molar-refractivity contribution in [2.45, 2.75) is 12.3 Å². The SMILES string of the molecule is Cl.NC[C@@H]1CN(CCC(=O)Nc2ccc(Cl)cc2)C[C@H]1c1ccccc1. The standard InChI is InChI=1S/C20H24ClN3O.ClH/c21-17-6-8-18(9-7-17)23-20(25)10-11-24-13-16(12-22)19(14-24)15-4-2-1-3-5-15;/h1-9,16,19H,10-14,22H2,(H,23,25);1H/t16-,19+;/m1./s1.